The number of aryl methyl sites for hydroxylation is 1. The number of rotatable bonds is 2. The summed E-state index contributed by atoms with van der Waals surface area (Å²) in [5, 5.41) is 1.61. The van der Waals surface area contributed by atoms with E-state index in [0.29, 0.717) is 11.4 Å². The molecule has 1 aliphatic carbocycles. The quantitative estimate of drug-likeness (QED) is 0.882. The lowest BCUT2D eigenvalue weighted by Crippen LogP contribution is -2.31. The minimum absolute atomic E-state index is 0.0679. The second kappa shape index (κ2) is 5.29. The first-order chi connectivity index (χ1) is 9.65. The normalized spacial score (nSPS) is 22.9. The van der Waals surface area contributed by atoms with Gasteiger partial charge in [0.1, 0.15) is 5.75 Å². The molecule has 1 heterocycles. The van der Waals surface area contributed by atoms with Crippen LogP contribution in [0.1, 0.15) is 31.2 Å². The molecule has 106 valence electrons. The number of fused-ring (bicyclic) bond motifs is 1. The van der Waals surface area contributed by atoms with Crippen molar-refractivity contribution in [3.8, 4) is 5.75 Å². The summed E-state index contributed by atoms with van der Waals surface area (Å²) in [4.78, 5) is 14.6. The number of hydrogen-bond donors (Lipinski definition) is 2. The Bertz CT molecular complexity index is 670. The molecule has 1 fully saturated rings. The lowest BCUT2D eigenvalue weighted by atomic mass is 9.93. The first kappa shape index (κ1) is 13.2. The van der Waals surface area contributed by atoms with Gasteiger partial charge in [-0.2, -0.15) is 0 Å². The molecule has 20 heavy (non-hydrogen) atoms. The summed E-state index contributed by atoms with van der Waals surface area (Å²) in [7, 11) is 0. The van der Waals surface area contributed by atoms with Gasteiger partial charge < -0.3 is 15.5 Å². The van der Waals surface area contributed by atoms with E-state index in [1.54, 1.807) is 6.20 Å². The lowest BCUT2D eigenvalue weighted by molar-refractivity contribution is 0.149. The average Bonchev–Trinajstić information content (AvgIpc) is 2.46. The molecule has 0 radical (unpaired) electrons. The Kier molecular flexibility index (Phi) is 3.49. The molecule has 2 aromatic rings. The number of pyridine rings is 1. The molecular formula is C16H20N2O2. The molecule has 4 nitrogen and oxygen atoms in total. The van der Waals surface area contributed by atoms with Gasteiger partial charge in [-0.1, -0.05) is 6.07 Å². The van der Waals surface area contributed by atoms with Crippen molar-refractivity contribution < 1.29 is 4.74 Å². The first-order valence-electron chi connectivity index (χ1n) is 7.18. The Labute approximate surface area is 117 Å². The maximum atomic E-state index is 11.9. The standard InChI is InChI=1S/C16H20N2O2/c1-10-9-18-16(19)13-3-2-4-14(15(10)13)20-12-7-5-11(17)6-8-12/h2-4,9,11-12H,5-8,17H2,1H3,(H,18,19). The van der Waals surface area contributed by atoms with Gasteiger partial charge in [0.05, 0.1) is 11.5 Å². The van der Waals surface area contributed by atoms with E-state index in [1.165, 1.54) is 0 Å². The third kappa shape index (κ3) is 2.43. The van der Waals surface area contributed by atoms with Gasteiger partial charge in [0.2, 0.25) is 0 Å². The number of nitrogens with one attached hydrogen (secondary N) is 1. The van der Waals surface area contributed by atoms with Crippen LogP contribution in [-0.2, 0) is 0 Å². The topological polar surface area (TPSA) is 68.1 Å². The third-order valence-electron chi connectivity index (χ3n) is 4.10. The van der Waals surface area contributed by atoms with Gasteiger partial charge in [0.15, 0.2) is 0 Å². The molecule has 3 rings (SSSR count). The molecule has 1 aliphatic rings. The van der Waals surface area contributed by atoms with Crippen LogP contribution in [0.4, 0.5) is 0 Å². The van der Waals surface area contributed by atoms with E-state index < -0.39 is 0 Å². The first-order valence-corrected chi connectivity index (χ1v) is 7.18. The van der Waals surface area contributed by atoms with Crippen LogP contribution in [0.25, 0.3) is 10.8 Å². The summed E-state index contributed by atoms with van der Waals surface area (Å²) in [6.07, 6.45) is 5.94. The van der Waals surface area contributed by atoms with Crippen LogP contribution in [0.5, 0.6) is 5.75 Å². The number of benzene rings is 1. The second-order valence-electron chi connectivity index (χ2n) is 5.63. The number of H-pyrrole nitrogens is 1. The van der Waals surface area contributed by atoms with Crippen LogP contribution in [0.2, 0.25) is 0 Å². The van der Waals surface area contributed by atoms with Crippen molar-refractivity contribution in [2.24, 2.45) is 5.73 Å². The SMILES string of the molecule is Cc1c[nH]c(=O)c2cccc(OC3CCC(N)CC3)c12. The maximum Gasteiger partial charge on any atom is 0.255 e. The van der Waals surface area contributed by atoms with Gasteiger partial charge >= 0.3 is 0 Å². The van der Waals surface area contributed by atoms with Crippen LogP contribution in [0.3, 0.4) is 0 Å². The summed E-state index contributed by atoms with van der Waals surface area (Å²) in [5.74, 6) is 0.812. The van der Waals surface area contributed by atoms with E-state index in [2.05, 4.69) is 4.98 Å². The molecule has 0 spiro atoms. The monoisotopic (exact) mass is 272 g/mol. The van der Waals surface area contributed by atoms with Gasteiger partial charge in [0, 0.05) is 17.6 Å². The Morgan fingerprint density at radius 1 is 1.25 bits per heavy atom. The molecule has 0 atom stereocenters. The summed E-state index contributed by atoms with van der Waals surface area (Å²) in [5.41, 5.74) is 6.89. The molecule has 0 bridgehead atoms. The molecule has 0 unspecified atom stereocenters. The third-order valence-corrected chi connectivity index (χ3v) is 4.10. The molecule has 1 aromatic carbocycles. The minimum Gasteiger partial charge on any atom is -0.490 e. The zero-order valence-electron chi connectivity index (χ0n) is 11.7. The Balaban J connectivity index is 1.96. The predicted molar refractivity (Wildman–Crippen MR) is 80.2 cm³/mol. The molecule has 0 aliphatic heterocycles. The van der Waals surface area contributed by atoms with Crippen molar-refractivity contribution >= 4 is 10.8 Å². The molecular weight excluding hydrogens is 252 g/mol. The van der Waals surface area contributed by atoms with Crippen LogP contribution in [0.15, 0.2) is 29.2 Å². The largest absolute Gasteiger partial charge is 0.490 e. The van der Waals surface area contributed by atoms with E-state index in [4.69, 9.17) is 10.5 Å². The van der Waals surface area contributed by atoms with E-state index >= 15 is 0 Å². The highest BCUT2D eigenvalue weighted by molar-refractivity contribution is 5.90. The summed E-state index contributed by atoms with van der Waals surface area (Å²) >= 11 is 0. The number of ether oxygens (including phenoxy) is 1. The van der Waals surface area contributed by atoms with E-state index in [0.717, 1.165) is 42.4 Å². The summed E-state index contributed by atoms with van der Waals surface area (Å²) in [6, 6.07) is 5.97. The average molecular weight is 272 g/mol. The lowest BCUT2D eigenvalue weighted by Gasteiger charge is -2.27. The highest BCUT2D eigenvalue weighted by Gasteiger charge is 2.21. The predicted octanol–water partition coefficient (Wildman–Crippen LogP) is 2.49. The number of hydrogen-bond acceptors (Lipinski definition) is 3. The van der Waals surface area contributed by atoms with Gasteiger partial charge in [-0.25, -0.2) is 0 Å². The molecule has 4 heteroatoms. The minimum atomic E-state index is -0.0679. The fourth-order valence-electron chi connectivity index (χ4n) is 2.94. The fourth-order valence-corrected chi connectivity index (χ4v) is 2.94. The van der Waals surface area contributed by atoms with Crippen LogP contribution in [0, 0.1) is 6.92 Å². The van der Waals surface area contributed by atoms with Crippen LogP contribution < -0.4 is 16.0 Å². The Hall–Kier alpha value is -1.81. The summed E-state index contributed by atoms with van der Waals surface area (Å²) < 4.78 is 6.14. The van der Waals surface area contributed by atoms with Crippen molar-refractivity contribution in [2.75, 3.05) is 0 Å². The number of nitrogens with two attached hydrogens (primary N) is 1. The highest BCUT2D eigenvalue weighted by atomic mass is 16.5. The number of aromatic nitrogens is 1. The smallest absolute Gasteiger partial charge is 0.255 e. The van der Waals surface area contributed by atoms with Crippen LogP contribution >= 0.6 is 0 Å². The van der Waals surface area contributed by atoms with Crippen molar-refractivity contribution in [1.29, 1.82) is 0 Å². The molecule has 0 amide bonds. The fraction of sp³-hybridized carbons (Fsp3) is 0.438. The van der Waals surface area contributed by atoms with Crippen molar-refractivity contribution in [3.05, 3.63) is 40.3 Å². The summed E-state index contributed by atoms with van der Waals surface area (Å²) in [6.45, 7) is 1.99. The van der Waals surface area contributed by atoms with Gasteiger partial charge in [-0.05, 0) is 50.3 Å². The molecule has 3 N–H and O–H groups in total. The van der Waals surface area contributed by atoms with Gasteiger partial charge in [-0.3, -0.25) is 4.79 Å². The second-order valence-corrected chi connectivity index (χ2v) is 5.63. The molecule has 0 saturated heterocycles. The van der Waals surface area contributed by atoms with Gasteiger partial charge in [-0.15, -0.1) is 0 Å². The zero-order valence-corrected chi connectivity index (χ0v) is 11.7. The maximum absolute atomic E-state index is 11.9. The van der Waals surface area contributed by atoms with Crippen LogP contribution in [-0.4, -0.2) is 17.1 Å². The van der Waals surface area contributed by atoms with E-state index in [-0.39, 0.29) is 11.7 Å². The molecule has 1 aromatic heterocycles. The van der Waals surface area contributed by atoms with E-state index in [9.17, 15) is 4.79 Å². The van der Waals surface area contributed by atoms with Gasteiger partial charge in [0.25, 0.3) is 5.56 Å². The Morgan fingerprint density at radius 3 is 2.75 bits per heavy atom. The van der Waals surface area contributed by atoms with Crippen molar-refractivity contribution in [2.45, 2.75) is 44.8 Å². The van der Waals surface area contributed by atoms with Crippen molar-refractivity contribution in [1.82, 2.24) is 4.98 Å². The number of aromatic amines is 1. The highest BCUT2D eigenvalue weighted by Crippen LogP contribution is 2.30. The molecule has 1 saturated carbocycles. The zero-order chi connectivity index (χ0) is 14.1. The Morgan fingerprint density at radius 2 is 2.00 bits per heavy atom. The van der Waals surface area contributed by atoms with Crippen molar-refractivity contribution in [3.63, 3.8) is 0 Å². The van der Waals surface area contributed by atoms with E-state index in [1.807, 2.05) is 25.1 Å².